The van der Waals surface area contributed by atoms with E-state index >= 15 is 0 Å². The Balaban J connectivity index is 1.31. The number of carboxylic acid groups (broad SMARTS) is 1. The van der Waals surface area contributed by atoms with Crippen molar-refractivity contribution in [2.75, 3.05) is 6.54 Å². The summed E-state index contributed by atoms with van der Waals surface area (Å²) in [6, 6.07) is 11.8. The summed E-state index contributed by atoms with van der Waals surface area (Å²) in [5.41, 5.74) is 3.11. The molecule has 0 radical (unpaired) electrons. The fourth-order valence-corrected chi connectivity index (χ4v) is 4.94. The highest BCUT2D eigenvalue weighted by molar-refractivity contribution is 5.96. The summed E-state index contributed by atoms with van der Waals surface area (Å²) in [5.74, 6) is -1.62. The average Bonchev–Trinajstić information content (AvgIpc) is 2.98. The summed E-state index contributed by atoms with van der Waals surface area (Å²) in [6.45, 7) is 6.36. The van der Waals surface area contributed by atoms with Gasteiger partial charge in [-0.25, -0.2) is 9.59 Å². The molecule has 0 spiro atoms. The molecule has 0 aliphatic heterocycles. The first-order valence-electron chi connectivity index (χ1n) is 14.6. The summed E-state index contributed by atoms with van der Waals surface area (Å²) in [5, 5.41) is 15.8. The maximum absolute atomic E-state index is 12.9. The molecule has 1 aliphatic rings. The lowest BCUT2D eigenvalue weighted by Gasteiger charge is -2.27. The van der Waals surface area contributed by atoms with Crippen molar-refractivity contribution in [2.45, 2.75) is 83.6 Å². The van der Waals surface area contributed by atoms with E-state index in [1.165, 1.54) is 16.7 Å². The number of hydrogen-bond acceptors (Lipinski definition) is 8. The predicted molar refractivity (Wildman–Crippen MR) is 160 cm³/mol. The van der Waals surface area contributed by atoms with Gasteiger partial charge in [0.2, 0.25) is 0 Å². The van der Waals surface area contributed by atoms with Gasteiger partial charge in [-0.05, 0) is 95.3 Å². The molecule has 3 aromatic rings. The number of aromatic nitrogens is 3. The lowest BCUT2D eigenvalue weighted by molar-refractivity contribution is -0.139. The standard InChI is InChI=1S/C32H40N6O5/c1-32(2,3)43-31(42)38(20-24-11-4-5-16-33-24)21-25-15-14-23(19-36-25)29(39)37-27(30(40)41)13-8-17-34-26-12-6-9-22-10-7-18-35-28(22)26/h4-5,7,10-11,14-16,18-19,26-27,34H,6,8-9,12-13,17,20-21H2,1-3H3,(H,37,39)(H,40,41)/t26?,27-/m0/s1. The number of nitrogens with zero attached hydrogens (tertiary/aromatic N) is 4. The first-order valence-corrected chi connectivity index (χ1v) is 14.6. The van der Waals surface area contributed by atoms with E-state index in [1.807, 2.05) is 18.2 Å². The largest absolute Gasteiger partial charge is 0.480 e. The second-order valence-corrected chi connectivity index (χ2v) is 11.6. The Hall–Kier alpha value is -4.38. The smallest absolute Gasteiger partial charge is 0.410 e. The molecule has 3 heterocycles. The summed E-state index contributed by atoms with van der Waals surface area (Å²) in [4.78, 5) is 52.4. The van der Waals surface area contributed by atoms with Crippen molar-refractivity contribution in [1.29, 1.82) is 0 Å². The third kappa shape index (κ3) is 9.57. The molecule has 0 aromatic carbocycles. The third-order valence-corrected chi connectivity index (χ3v) is 7.03. The number of aliphatic carboxylic acids is 1. The van der Waals surface area contributed by atoms with Gasteiger partial charge in [-0.2, -0.15) is 0 Å². The Kier molecular flexibility index (Phi) is 10.8. The molecule has 11 nitrogen and oxygen atoms in total. The van der Waals surface area contributed by atoms with Crippen LogP contribution in [0.2, 0.25) is 0 Å². The van der Waals surface area contributed by atoms with Gasteiger partial charge >= 0.3 is 12.1 Å². The number of carboxylic acids is 1. The highest BCUT2D eigenvalue weighted by atomic mass is 16.6. The van der Waals surface area contributed by atoms with Crippen molar-refractivity contribution in [3.8, 4) is 0 Å². The first-order chi connectivity index (χ1) is 20.6. The van der Waals surface area contributed by atoms with Gasteiger partial charge in [0.05, 0.1) is 35.7 Å². The zero-order valence-electron chi connectivity index (χ0n) is 25.0. The van der Waals surface area contributed by atoms with E-state index in [4.69, 9.17) is 4.74 Å². The van der Waals surface area contributed by atoms with Crippen LogP contribution in [0.3, 0.4) is 0 Å². The molecule has 3 aromatic heterocycles. The normalized spacial score (nSPS) is 15.2. The van der Waals surface area contributed by atoms with Crippen molar-refractivity contribution < 1.29 is 24.2 Å². The van der Waals surface area contributed by atoms with Gasteiger partial charge in [-0.1, -0.05) is 12.1 Å². The molecular weight excluding hydrogens is 548 g/mol. The number of carbonyl (C=O) groups excluding carboxylic acids is 2. The van der Waals surface area contributed by atoms with Gasteiger partial charge in [-0.3, -0.25) is 24.6 Å². The summed E-state index contributed by atoms with van der Waals surface area (Å²) in [6.07, 6.45) is 8.28. The van der Waals surface area contributed by atoms with Crippen molar-refractivity contribution in [2.24, 2.45) is 0 Å². The van der Waals surface area contributed by atoms with Crippen LogP contribution in [0.4, 0.5) is 4.79 Å². The number of fused-ring (bicyclic) bond motifs is 1. The molecule has 4 rings (SSSR count). The van der Waals surface area contributed by atoms with Gasteiger partial charge in [-0.15, -0.1) is 0 Å². The summed E-state index contributed by atoms with van der Waals surface area (Å²) < 4.78 is 5.57. The Morgan fingerprint density at radius 1 is 1.02 bits per heavy atom. The van der Waals surface area contributed by atoms with Gasteiger partial charge in [0.1, 0.15) is 11.6 Å². The zero-order valence-corrected chi connectivity index (χ0v) is 25.0. The Bertz CT molecular complexity index is 1380. The Labute approximate surface area is 252 Å². The van der Waals surface area contributed by atoms with Crippen molar-refractivity contribution in [1.82, 2.24) is 30.5 Å². The van der Waals surface area contributed by atoms with Crippen LogP contribution in [0.25, 0.3) is 0 Å². The van der Waals surface area contributed by atoms with Crippen LogP contribution >= 0.6 is 0 Å². The van der Waals surface area contributed by atoms with Gasteiger partial charge < -0.3 is 20.5 Å². The fourth-order valence-electron chi connectivity index (χ4n) is 4.94. The maximum atomic E-state index is 12.9. The van der Waals surface area contributed by atoms with Crippen molar-refractivity contribution in [3.63, 3.8) is 0 Å². The molecule has 1 unspecified atom stereocenters. The molecular formula is C32H40N6O5. The van der Waals surface area contributed by atoms with Crippen LogP contribution in [0.15, 0.2) is 61.1 Å². The minimum atomic E-state index is -1.09. The van der Waals surface area contributed by atoms with Crippen LogP contribution < -0.4 is 10.6 Å². The van der Waals surface area contributed by atoms with E-state index in [-0.39, 0.29) is 31.1 Å². The molecule has 0 saturated carbocycles. The molecule has 2 amide bonds. The molecule has 0 saturated heterocycles. The number of amides is 2. The van der Waals surface area contributed by atoms with E-state index in [9.17, 15) is 19.5 Å². The molecule has 1 aliphatic carbocycles. The van der Waals surface area contributed by atoms with E-state index in [0.29, 0.717) is 24.4 Å². The van der Waals surface area contributed by atoms with Crippen molar-refractivity contribution in [3.05, 3.63) is 89.3 Å². The SMILES string of the molecule is CC(C)(C)OC(=O)N(Cc1ccccn1)Cc1ccc(C(=O)N[C@@H](CCCNC2CCCc3cccnc32)C(=O)O)cn1. The third-order valence-electron chi connectivity index (χ3n) is 7.03. The monoisotopic (exact) mass is 588 g/mol. The van der Waals surface area contributed by atoms with Crippen LogP contribution in [0.5, 0.6) is 0 Å². The average molecular weight is 589 g/mol. The molecule has 0 fully saturated rings. The van der Waals surface area contributed by atoms with Gasteiger partial charge in [0.25, 0.3) is 5.91 Å². The highest BCUT2D eigenvalue weighted by Gasteiger charge is 2.25. The number of ether oxygens (including phenoxy) is 1. The number of rotatable bonds is 12. The zero-order chi connectivity index (χ0) is 30.8. The topological polar surface area (TPSA) is 147 Å². The number of pyridine rings is 3. The minimum absolute atomic E-state index is 0.138. The Morgan fingerprint density at radius 3 is 2.47 bits per heavy atom. The second-order valence-electron chi connectivity index (χ2n) is 11.6. The number of hydrogen-bond donors (Lipinski definition) is 3. The molecule has 11 heteroatoms. The van der Waals surface area contributed by atoms with Gasteiger partial charge in [0, 0.05) is 24.6 Å². The second kappa shape index (κ2) is 14.7. The number of nitrogens with one attached hydrogen (secondary N) is 2. The lowest BCUT2D eigenvalue weighted by Crippen LogP contribution is -2.41. The number of carbonyl (C=O) groups is 3. The molecule has 3 N–H and O–H groups in total. The Morgan fingerprint density at radius 2 is 1.79 bits per heavy atom. The fraction of sp³-hybridized carbons (Fsp3) is 0.438. The molecule has 2 atom stereocenters. The van der Waals surface area contributed by atoms with E-state index < -0.39 is 29.6 Å². The van der Waals surface area contributed by atoms with Gasteiger partial charge in [0.15, 0.2) is 0 Å². The van der Waals surface area contributed by atoms with E-state index in [2.05, 4.69) is 31.7 Å². The van der Waals surface area contributed by atoms with Crippen LogP contribution in [-0.4, -0.2) is 61.1 Å². The molecule has 43 heavy (non-hydrogen) atoms. The maximum Gasteiger partial charge on any atom is 0.410 e. The highest BCUT2D eigenvalue weighted by Crippen LogP contribution is 2.27. The van der Waals surface area contributed by atoms with E-state index in [0.717, 1.165) is 25.0 Å². The quantitative estimate of drug-likeness (QED) is 0.261. The minimum Gasteiger partial charge on any atom is -0.480 e. The van der Waals surface area contributed by atoms with E-state index in [1.54, 1.807) is 51.4 Å². The molecule has 0 bridgehead atoms. The first kappa shape index (κ1) is 31.6. The van der Waals surface area contributed by atoms with Crippen LogP contribution in [0, 0.1) is 0 Å². The predicted octanol–water partition coefficient (Wildman–Crippen LogP) is 4.44. The van der Waals surface area contributed by atoms with Crippen LogP contribution in [-0.2, 0) is 29.0 Å². The molecule has 228 valence electrons. The number of aryl methyl sites for hydroxylation is 1. The lowest BCUT2D eigenvalue weighted by atomic mass is 9.92. The summed E-state index contributed by atoms with van der Waals surface area (Å²) in [7, 11) is 0. The van der Waals surface area contributed by atoms with Crippen LogP contribution in [0.1, 0.15) is 85.5 Å². The summed E-state index contributed by atoms with van der Waals surface area (Å²) >= 11 is 0. The van der Waals surface area contributed by atoms with Crippen molar-refractivity contribution >= 4 is 18.0 Å².